The molecular weight excluding hydrogens is 131 g/mol. The predicted octanol–water partition coefficient (Wildman–Crippen LogP) is 2.18. The Bertz CT molecular complexity index is 184. The van der Waals surface area contributed by atoms with Gasteiger partial charge in [0, 0.05) is 6.92 Å². The molecule has 0 N–H and O–H groups in total. The molecule has 0 fully saturated rings. The minimum absolute atomic E-state index is 0.512. The van der Waals surface area contributed by atoms with Crippen molar-refractivity contribution in [1.29, 1.82) is 0 Å². The Hall–Kier alpha value is -1.05. The minimum Gasteiger partial charge on any atom is -0.461 e. The Balaban J connectivity index is 2.59. The summed E-state index contributed by atoms with van der Waals surface area (Å²) in [6, 6.07) is 9.53. The Labute approximate surface area is 59.4 Å². The lowest BCUT2D eigenvalue weighted by molar-refractivity contribution is 0.0860. The van der Waals surface area contributed by atoms with Crippen LogP contribution in [-0.4, -0.2) is 6.36 Å². The molecule has 0 amide bonds. The Morgan fingerprint density at radius 2 is 2.50 bits per heavy atom. The number of alkyl halides is 1. The van der Waals surface area contributed by atoms with Gasteiger partial charge in [0.05, 0.1) is 0 Å². The molecule has 0 aliphatic carbocycles. The number of benzene rings is 1. The Morgan fingerprint density at radius 3 is 3.00 bits per heavy atom. The fourth-order valence-corrected chi connectivity index (χ4v) is 0.638. The van der Waals surface area contributed by atoms with Crippen molar-refractivity contribution < 1.29 is 9.13 Å². The van der Waals surface area contributed by atoms with Crippen LogP contribution in [0, 0.1) is 6.07 Å². The van der Waals surface area contributed by atoms with Crippen LogP contribution in [0.4, 0.5) is 4.39 Å². The maximum absolute atomic E-state index is 12.2. The van der Waals surface area contributed by atoms with E-state index in [9.17, 15) is 4.39 Å². The van der Waals surface area contributed by atoms with Crippen LogP contribution in [0.1, 0.15) is 6.92 Å². The molecule has 1 unspecified atom stereocenters. The molecule has 0 saturated carbocycles. The number of hydrogen-bond acceptors (Lipinski definition) is 1. The second-order valence-electron chi connectivity index (χ2n) is 1.90. The fourth-order valence-electron chi connectivity index (χ4n) is 0.638. The number of rotatable bonds is 2. The molecule has 0 aliphatic rings. The van der Waals surface area contributed by atoms with E-state index in [1.807, 2.05) is 0 Å². The van der Waals surface area contributed by atoms with Crippen molar-refractivity contribution in [3.8, 4) is 5.75 Å². The summed E-state index contributed by atoms with van der Waals surface area (Å²) in [6.45, 7) is 1.34. The third-order valence-corrected chi connectivity index (χ3v) is 0.977. The van der Waals surface area contributed by atoms with E-state index in [1.54, 1.807) is 24.3 Å². The van der Waals surface area contributed by atoms with Crippen molar-refractivity contribution in [3.63, 3.8) is 0 Å². The summed E-state index contributed by atoms with van der Waals surface area (Å²) in [6.07, 6.45) is -1.25. The molecule has 0 spiro atoms. The van der Waals surface area contributed by atoms with E-state index in [2.05, 4.69) is 6.07 Å². The van der Waals surface area contributed by atoms with Crippen molar-refractivity contribution in [2.45, 2.75) is 13.3 Å². The zero-order valence-corrected chi connectivity index (χ0v) is 5.67. The third kappa shape index (κ3) is 2.05. The van der Waals surface area contributed by atoms with Crippen molar-refractivity contribution in [2.75, 3.05) is 0 Å². The van der Waals surface area contributed by atoms with Crippen molar-refractivity contribution in [1.82, 2.24) is 0 Å². The molecule has 2 heteroatoms. The van der Waals surface area contributed by atoms with Gasteiger partial charge < -0.3 is 4.74 Å². The van der Waals surface area contributed by atoms with Gasteiger partial charge >= 0.3 is 0 Å². The van der Waals surface area contributed by atoms with E-state index in [4.69, 9.17) is 4.74 Å². The van der Waals surface area contributed by atoms with Gasteiger partial charge in [0.2, 0.25) is 6.36 Å². The molecule has 1 rings (SSSR count). The van der Waals surface area contributed by atoms with Gasteiger partial charge in [-0.05, 0) is 18.2 Å². The van der Waals surface area contributed by atoms with Crippen LogP contribution in [0.5, 0.6) is 5.75 Å². The zero-order chi connectivity index (χ0) is 7.40. The molecule has 1 radical (unpaired) electrons. The molecule has 53 valence electrons. The lowest BCUT2D eigenvalue weighted by Crippen LogP contribution is -2.02. The molecule has 1 atom stereocenters. The highest BCUT2D eigenvalue weighted by Crippen LogP contribution is 2.10. The SMILES string of the molecule is CC(F)Oc1c[c]ccc1. The zero-order valence-electron chi connectivity index (χ0n) is 5.67. The van der Waals surface area contributed by atoms with E-state index in [0.29, 0.717) is 5.75 Å². The predicted molar refractivity (Wildman–Crippen MR) is 36.5 cm³/mol. The fraction of sp³-hybridized carbons (Fsp3) is 0.250. The van der Waals surface area contributed by atoms with Crippen molar-refractivity contribution in [2.24, 2.45) is 0 Å². The summed E-state index contributed by atoms with van der Waals surface area (Å²) < 4.78 is 16.9. The maximum Gasteiger partial charge on any atom is 0.235 e. The van der Waals surface area contributed by atoms with Gasteiger partial charge in [0.15, 0.2) is 0 Å². The monoisotopic (exact) mass is 139 g/mol. The van der Waals surface area contributed by atoms with Gasteiger partial charge in [0.1, 0.15) is 5.75 Å². The van der Waals surface area contributed by atoms with E-state index in [1.165, 1.54) is 6.92 Å². The summed E-state index contributed by atoms with van der Waals surface area (Å²) in [5, 5.41) is 0. The van der Waals surface area contributed by atoms with Crippen LogP contribution in [0.25, 0.3) is 0 Å². The smallest absolute Gasteiger partial charge is 0.235 e. The lowest BCUT2D eigenvalue weighted by atomic mass is 10.3. The van der Waals surface area contributed by atoms with Crippen LogP contribution >= 0.6 is 0 Å². The molecule has 10 heavy (non-hydrogen) atoms. The highest BCUT2D eigenvalue weighted by atomic mass is 19.1. The lowest BCUT2D eigenvalue weighted by Gasteiger charge is -2.04. The summed E-state index contributed by atoms with van der Waals surface area (Å²) >= 11 is 0. The Kier molecular flexibility index (Phi) is 2.26. The van der Waals surface area contributed by atoms with E-state index >= 15 is 0 Å². The average Bonchev–Trinajstić information content (AvgIpc) is 1.88. The van der Waals surface area contributed by atoms with Crippen molar-refractivity contribution in [3.05, 3.63) is 30.3 Å². The van der Waals surface area contributed by atoms with E-state index < -0.39 is 6.36 Å². The van der Waals surface area contributed by atoms with Crippen LogP contribution in [0.3, 0.4) is 0 Å². The first-order valence-corrected chi connectivity index (χ1v) is 3.06. The molecule has 0 aromatic heterocycles. The van der Waals surface area contributed by atoms with Gasteiger partial charge in [-0.1, -0.05) is 12.1 Å². The van der Waals surface area contributed by atoms with Gasteiger partial charge in [-0.3, -0.25) is 0 Å². The molecule has 1 nitrogen and oxygen atoms in total. The van der Waals surface area contributed by atoms with Crippen LogP contribution in [0.15, 0.2) is 24.3 Å². The summed E-state index contributed by atoms with van der Waals surface area (Å²) in [7, 11) is 0. The van der Waals surface area contributed by atoms with Crippen LogP contribution < -0.4 is 4.74 Å². The highest BCUT2D eigenvalue weighted by Gasteiger charge is 1.96. The molecule has 1 aromatic carbocycles. The number of halogens is 1. The number of hydrogen-bond donors (Lipinski definition) is 0. The summed E-state index contributed by atoms with van der Waals surface area (Å²) in [5.74, 6) is 0.512. The molecular formula is C8H8FO. The quantitative estimate of drug-likeness (QED) is 0.610. The van der Waals surface area contributed by atoms with Crippen molar-refractivity contribution >= 4 is 0 Å². The molecule has 0 aliphatic heterocycles. The van der Waals surface area contributed by atoms with Gasteiger partial charge in [-0.2, -0.15) is 0 Å². The highest BCUT2D eigenvalue weighted by molar-refractivity contribution is 5.19. The summed E-state index contributed by atoms with van der Waals surface area (Å²) in [4.78, 5) is 0. The molecule has 0 heterocycles. The topological polar surface area (TPSA) is 9.23 Å². The second-order valence-corrected chi connectivity index (χ2v) is 1.90. The van der Waals surface area contributed by atoms with Gasteiger partial charge in [-0.15, -0.1) is 0 Å². The first-order valence-electron chi connectivity index (χ1n) is 3.06. The van der Waals surface area contributed by atoms with Crippen LogP contribution in [-0.2, 0) is 0 Å². The second kappa shape index (κ2) is 3.20. The maximum atomic E-state index is 12.2. The van der Waals surface area contributed by atoms with Gasteiger partial charge in [0.25, 0.3) is 0 Å². The standard InChI is InChI=1S/C8H8FO/c1-7(9)10-8-5-3-2-4-6-8/h2-3,5-7H,1H3. The molecule has 0 saturated heterocycles. The summed E-state index contributed by atoms with van der Waals surface area (Å²) in [5.41, 5.74) is 0. The van der Waals surface area contributed by atoms with Crippen LogP contribution in [0.2, 0.25) is 0 Å². The average molecular weight is 139 g/mol. The van der Waals surface area contributed by atoms with Gasteiger partial charge in [-0.25, -0.2) is 4.39 Å². The largest absolute Gasteiger partial charge is 0.461 e. The first kappa shape index (κ1) is 7.06. The normalized spacial score (nSPS) is 12.6. The molecule has 0 bridgehead atoms. The molecule has 1 aromatic rings. The van der Waals surface area contributed by atoms with E-state index in [-0.39, 0.29) is 0 Å². The minimum atomic E-state index is -1.25. The third-order valence-electron chi connectivity index (χ3n) is 0.977. The number of ether oxygens (including phenoxy) is 1. The Morgan fingerprint density at radius 1 is 1.70 bits per heavy atom. The first-order chi connectivity index (χ1) is 4.79. The van der Waals surface area contributed by atoms with E-state index in [0.717, 1.165) is 0 Å².